The highest BCUT2D eigenvalue weighted by molar-refractivity contribution is 7.84. The molecule has 1 fully saturated rings. The van der Waals surface area contributed by atoms with E-state index in [0.29, 0.717) is 44.0 Å². The highest BCUT2D eigenvalue weighted by atomic mass is 32.2. The predicted molar refractivity (Wildman–Crippen MR) is 157 cm³/mol. The van der Waals surface area contributed by atoms with Crippen LogP contribution >= 0.6 is 0 Å². The molecule has 5 rings (SSSR count). The van der Waals surface area contributed by atoms with Crippen LogP contribution in [0.4, 0.5) is 16.3 Å². The second-order valence-electron chi connectivity index (χ2n) is 11.2. The molecule has 0 spiro atoms. The molecular formula is C30H36N6O3S. The van der Waals surface area contributed by atoms with Crippen molar-refractivity contribution < 1.29 is 16.5 Å². The summed E-state index contributed by atoms with van der Waals surface area (Å²) in [4.78, 5) is 27.5. The first-order valence-corrected chi connectivity index (χ1v) is 15.0. The minimum absolute atomic E-state index is 0.0509. The van der Waals surface area contributed by atoms with Gasteiger partial charge >= 0.3 is 6.09 Å². The van der Waals surface area contributed by atoms with Crippen LogP contribution in [0.3, 0.4) is 0 Å². The molecule has 1 amide bonds. The van der Waals surface area contributed by atoms with Gasteiger partial charge in [0.2, 0.25) is 5.16 Å². The van der Waals surface area contributed by atoms with E-state index in [1.54, 1.807) is 30.6 Å². The van der Waals surface area contributed by atoms with Crippen LogP contribution in [0.1, 0.15) is 46.8 Å². The van der Waals surface area contributed by atoms with Crippen LogP contribution < -0.4 is 9.80 Å². The molecule has 0 aliphatic carbocycles. The third kappa shape index (κ3) is 5.61. The minimum atomic E-state index is -2.01. The van der Waals surface area contributed by atoms with Crippen molar-refractivity contribution in [2.24, 2.45) is 0 Å². The molecule has 2 aliphatic rings. The van der Waals surface area contributed by atoms with Crippen molar-refractivity contribution in [3.8, 4) is 6.07 Å². The topological polar surface area (TPSA) is 103 Å². The standard InChI is InChI=1S/C30H36N6O3S/c1-20-8-6-9-21-10-7-11-25(26(20)21)34-15-13-23-24(19-34)32-28(40(5)38)33-27(23)35-16-17-36(22(18-35)12-14-31)29(37)39-30(2,3)4/h6-11,22H,12-13,15-19H2,1-5H3/i19D2. The van der Waals surface area contributed by atoms with Crippen LogP contribution in [0.25, 0.3) is 10.8 Å². The largest absolute Gasteiger partial charge is 0.444 e. The third-order valence-corrected chi connectivity index (χ3v) is 7.86. The van der Waals surface area contributed by atoms with Gasteiger partial charge in [-0.25, -0.2) is 14.8 Å². The Morgan fingerprint density at radius 3 is 2.62 bits per heavy atom. The fourth-order valence-electron chi connectivity index (χ4n) is 5.37. The Bertz CT molecular complexity index is 1600. The van der Waals surface area contributed by atoms with E-state index in [4.69, 9.17) is 4.74 Å². The lowest BCUT2D eigenvalue weighted by molar-refractivity contribution is 0.0144. The Balaban J connectivity index is 1.55. The summed E-state index contributed by atoms with van der Waals surface area (Å²) in [6, 6.07) is 13.6. The number of anilines is 2. The zero-order valence-corrected chi connectivity index (χ0v) is 24.4. The maximum atomic E-state index is 12.9. The number of hydrogen-bond donors (Lipinski definition) is 0. The van der Waals surface area contributed by atoms with Gasteiger partial charge in [-0.05, 0) is 51.1 Å². The SMILES string of the molecule is [2H]C1([2H])c2nc(S(C)=O)nc(N3CCN(C(=O)OC(C)(C)C)C(CC#N)C3)c2CCN1c1cccc2cccc(C)c12. The van der Waals surface area contributed by atoms with E-state index in [1.165, 1.54) is 6.26 Å². The number of amides is 1. The number of aryl methyl sites for hydroxylation is 1. The van der Waals surface area contributed by atoms with Gasteiger partial charge in [-0.3, -0.25) is 4.21 Å². The molecule has 2 atom stereocenters. The average Bonchev–Trinajstić information content (AvgIpc) is 2.91. The second kappa shape index (κ2) is 11.0. The molecule has 2 aliphatic heterocycles. The molecule has 1 aromatic heterocycles. The third-order valence-electron chi connectivity index (χ3n) is 7.17. The Morgan fingerprint density at radius 1 is 1.18 bits per heavy atom. The molecular weight excluding hydrogens is 524 g/mol. The lowest BCUT2D eigenvalue weighted by atomic mass is 9.99. The highest BCUT2D eigenvalue weighted by Gasteiger charge is 2.36. The van der Waals surface area contributed by atoms with Crippen molar-refractivity contribution in [3.63, 3.8) is 0 Å². The van der Waals surface area contributed by atoms with Crippen LogP contribution in [-0.2, 0) is 28.5 Å². The van der Waals surface area contributed by atoms with Crippen molar-refractivity contribution in [2.75, 3.05) is 42.2 Å². The van der Waals surface area contributed by atoms with Crippen molar-refractivity contribution in [3.05, 3.63) is 53.2 Å². The molecule has 2 unspecified atom stereocenters. The number of nitriles is 1. The fraction of sp³-hybridized carbons (Fsp3) is 0.467. The summed E-state index contributed by atoms with van der Waals surface area (Å²) in [7, 11) is -1.57. The average molecular weight is 563 g/mol. The summed E-state index contributed by atoms with van der Waals surface area (Å²) < 4.78 is 37.0. The normalized spacial score (nSPS) is 20.3. The zero-order valence-electron chi connectivity index (χ0n) is 25.6. The van der Waals surface area contributed by atoms with Gasteiger partial charge in [-0.1, -0.05) is 30.3 Å². The molecule has 40 heavy (non-hydrogen) atoms. The van der Waals surface area contributed by atoms with Gasteiger partial charge in [-0.15, -0.1) is 0 Å². The van der Waals surface area contributed by atoms with Crippen LogP contribution in [0.15, 0.2) is 41.6 Å². The molecule has 0 bridgehead atoms. The van der Waals surface area contributed by atoms with Gasteiger partial charge in [0.15, 0.2) is 0 Å². The maximum Gasteiger partial charge on any atom is 0.410 e. The van der Waals surface area contributed by atoms with Crippen molar-refractivity contribution in [2.45, 2.75) is 63.8 Å². The van der Waals surface area contributed by atoms with E-state index in [2.05, 4.69) is 16.0 Å². The molecule has 2 aromatic carbocycles. The summed E-state index contributed by atoms with van der Waals surface area (Å²) in [5.41, 5.74) is 2.01. The maximum absolute atomic E-state index is 12.9. The molecule has 10 heteroatoms. The molecule has 9 nitrogen and oxygen atoms in total. The number of ether oxygens (including phenoxy) is 1. The molecule has 0 saturated carbocycles. The van der Waals surface area contributed by atoms with Crippen LogP contribution in [-0.4, -0.2) is 69.2 Å². The molecule has 0 radical (unpaired) electrons. The van der Waals surface area contributed by atoms with Gasteiger partial charge in [0.05, 0.1) is 44.3 Å². The number of nitrogens with zero attached hydrogens (tertiary/aromatic N) is 6. The number of hydrogen-bond acceptors (Lipinski definition) is 8. The monoisotopic (exact) mass is 562 g/mol. The number of aromatic nitrogens is 2. The number of piperazine rings is 1. The van der Waals surface area contributed by atoms with Crippen LogP contribution in [0.5, 0.6) is 0 Å². The molecule has 210 valence electrons. The first-order valence-electron chi connectivity index (χ1n) is 14.4. The van der Waals surface area contributed by atoms with Crippen LogP contribution in [0.2, 0.25) is 0 Å². The minimum Gasteiger partial charge on any atom is -0.444 e. The smallest absolute Gasteiger partial charge is 0.410 e. The number of fused-ring (bicyclic) bond motifs is 2. The number of rotatable bonds is 4. The summed E-state index contributed by atoms with van der Waals surface area (Å²) in [5, 5.41) is 11.6. The predicted octanol–water partition coefficient (Wildman–Crippen LogP) is 4.58. The summed E-state index contributed by atoms with van der Waals surface area (Å²) in [6.45, 7) is 6.81. The quantitative estimate of drug-likeness (QED) is 0.426. The summed E-state index contributed by atoms with van der Waals surface area (Å²) >= 11 is 0. The number of carbonyl (C=O) groups is 1. The number of benzene rings is 2. The second-order valence-corrected chi connectivity index (χ2v) is 12.5. The Kier molecular flexibility index (Phi) is 6.98. The van der Waals surface area contributed by atoms with Crippen molar-refractivity contribution >= 4 is 39.2 Å². The lowest BCUT2D eigenvalue weighted by Gasteiger charge is -2.42. The lowest BCUT2D eigenvalue weighted by Crippen LogP contribution is -2.56. The summed E-state index contributed by atoms with van der Waals surface area (Å²) in [6.07, 6.45) is 1.58. The van der Waals surface area contributed by atoms with Gasteiger partial charge in [0.25, 0.3) is 0 Å². The van der Waals surface area contributed by atoms with E-state index in [-0.39, 0.29) is 17.3 Å². The van der Waals surface area contributed by atoms with E-state index < -0.39 is 35.0 Å². The molecule has 0 N–H and O–H groups in total. The van der Waals surface area contributed by atoms with Gasteiger partial charge in [0.1, 0.15) is 11.4 Å². The Morgan fingerprint density at radius 2 is 1.93 bits per heavy atom. The Labute approximate surface area is 241 Å². The fourth-order valence-corrected chi connectivity index (χ4v) is 5.81. The van der Waals surface area contributed by atoms with Crippen molar-refractivity contribution in [1.29, 1.82) is 5.26 Å². The molecule has 1 saturated heterocycles. The van der Waals surface area contributed by atoms with E-state index in [9.17, 15) is 17.0 Å². The highest BCUT2D eigenvalue weighted by Crippen LogP contribution is 2.35. The van der Waals surface area contributed by atoms with Crippen molar-refractivity contribution in [1.82, 2.24) is 14.9 Å². The van der Waals surface area contributed by atoms with Gasteiger partial charge in [-0.2, -0.15) is 5.26 Å². The zero-order chi connectivity index (χ0) is 30.4. The first kappa shape index (κ1) is 25.3. The van der Waals surface area contributed by atoms with E-state index in [1.807, 2.05) is 48.2 Å². The first-order chi connectivity index (χ1) is 19.8. The van der Waals surface area contributed by atoms with E-state index >= 15 is 0 Å². The summed E-state index contributed by atoms with van der Waals surface area (Å²) in [5.74, 6) is 0.509. The Hall–Kier alpha value is -3.71. The van der Waals surface area contributed by atoms with E-state index in [0.717, 1.165) is 22.0 Å². The van der Waals surface area contributed by atoms with Crippen LogP contribution in [0, 0.1) is 18.3 Å². The molecule has 3 aromatic rings. The van der Waals surface area contributed by atoms with Gasteiger partial charge in [0, 0.05) is 49.1 Å². The van der Waals surface area contributed by atoms with Gasteiger partial charge < -0.3 is 19.4 Å². The molecule has 3 heterocycles. The number of carbonyl (C=O) groups excluding carboxylic acids is 1.